The molecule has 0 unspecified atom stereocenters. The Morgan fingerprint density at radius 3 is 2.52 bits per heavy atom. The first-order valence-electron chi connectivity index (χ1n) is 8.88. The van der Waals surface area contributed by atoms with Gasteiger partial charge < -0.3 is 14.7 Å². The number of amides is 1. The second-order valence-electron chi connectivity index (χ2n) is 7.12. The number of piperidine rings is 1. The minimum absolute atomic E-state index is 0.184. The van der Waals surface area contributed by atoms with Crippen molar-refractivity contribution in [1.29, 1.82) is 0 Å². The second kappa shape index (κ2) is 7.47. The van der Waals surface area contributed by atoms with Crippen LogP contribution in [0.5, 0.6) is 0 Å². The van der Waals surface area contributed by atoms with Crippen LogP contribution in [0, 0.1) is 0 Å². The first-order chi connectivity index (χ1) is 12.8. The van der Waals surface area contributed by atoms with Crippen LogP contribution in [0.1, 0.15) is 30.4 Å². The maximum Gasteiger partial charge on any atom is 0.407 e. The van der Waals surface area contributed by atoms with Crippen LogP contribution in [0.15, 0.2) is 24.3 Å². The van der Waals surface area contributed by atoms with Crippen molar-refractivity contribution in [2.45, 2.75) is 31.2 Å². The molecule has 1 saturated heterocycles. The third-order valence-electron chi connectivity index (χ3n) is 5.59. The van der Waals surface area contributed by atoms with Gasteiger partial charge >= 0.3 is 12.1 Å². The van der Waals surface area contributed by atoms with E-state index >= 15 is 0 Å². The number of sulfonamides is 1. The number of likely N-dealkylation sites (tertiary alicyclic amines) is 1. The van der Waals surface area contributed by atoms with Crippen molar-refractivity contribution in [2.24, 2.45) is 0 Å². The lowest BCUT2D eigenvalue weighted by atomic mass is 9.69. The van der Waals surface area contributed by atoms with Crippen molar-refractivity contribution in [3.63, 3.8) is 0 Å². The fourth-order valence-electron chi connectivity index (χ4n) is 4.04. The number of esters is 1. The summed E-state index contributed by atoms with van der Waals surface area (Å²) in [6.07, 6.45) is 0.00613. The molecule has 0 bridgehead atoms. The first-order valence-corrected chi connectivity index (χ1v) is 10.5. The summed E-state index contributed by atoms with van der Waals surface area (Å²) < 4.78 is 31.6. The molecule has 1 amide bonds. The van der Waals surface area contributed by atoms with Gasteiger partial charge in [-0.15, -0.1) is 0 Å². The zero-order valence-corrected chi connectivity index (χ0v) is 16.1. The number of fused-ring (bicyclic) bond motifs is 2. The second-order valence-corrected chi connectivity index (χ2v) is 9.21. The summed E-state index contributed by atoms with van der Waals surface area (Å²) in [5.74, 6) is -0.848. The summed E-state index contributed by atoms with van der Waals surface area (Å²) in [4.78, 5) is 24.0. The molecule has 9 heteroatoms. The van der Waals surface area contributed by atoms with Crippen LogP contribution < -0.4 is 0 Å². The molecule has 0 saturated carbocycles. The van der Waals surface area contributed by atoms with Crippen LogP contribution in [0.25, 0.3) is 0 Å². The van der Waals surface area contributed by atoms with Crippen LogP contribution in [-0.4, -0.2) is 67.3 Å². The van der Waals surface area contributed by atoms with Crippen molar-refractivity contribution >= 4 is 22.1 Å². The van der Waals surface area contributed by atoms with Crippen LogP contribution >= 0.6 is 0 Å². The van der Waals surface area contributed by atoms with Gasteiger partial charge in [-0.1, -0.05) is 24.3 Å². The topological polar surface area (TPSA) is 104 Å². The molecule has 3 rings (SSSR count). The lowest BCUT2D eigenvalue weighted by Gasteiger charge is -2.47. The number of carbonyl (C=O) groups excluding carboxylic acids is 1. The number of carbonyl (C=O) groups is 2. The standard InChI is InChI=1S/C18H24N2O6S/c1-26-16(21)6-11-27(24,25)20-12-14-4-2-3-5-15(14)18(13-20)7-9-19(10-8-18)17(22)23/h2-5H,6-13H2,1H3,(H,22,23). The van der Waals surface area contributed by atoms with E-state index in [0.29, 0.717) is 32.5 Å². The van der Waals surface area contributed by atoms with Crippen LogP contribution in [-0.2, 0) is 31.5 Å². The highest BCUT2D eigenvalue weighted by Crippen LogP contribution is 2.42. The molecule has 1 aromatic rings. The molecule has 1 N–H and O–H groups in total. The summed E-state index contributed by atoms with van der Waals surface area (Å²) in [6, 6.07) is 7.75. The van der Waals surface area contributed by atoms with E-state index in [1.165, 1.54) is 16.3 Å². The molecule has 8 nitrogen and oxygen atoms in total. The molecular formula is C18H24N2O6S. The predicted octanol–water partition coefficient (Wildman–Crippen LogP) is 1.41. The molecule has 0 aliphatic carbocycles. The Morgan fingerprint density at radius 2 is 1.89 bits per heavy atom. The van der Waals surface area contributed by atoms with E-state index in [0.717, 1.165) is 11.1 Å². The average Bonchev–Trinajstić information content (AvgIpc) is 2.66. The van der Waals surface area contributed by atoms with Crippen molar-refractivity contribution < 1.29 is 27.9 Å². The average molecular weight is 396 g/mol. The van der Waals surface area contributed by atoms with Gasteiger partial charge in [0.1, 0.15) is 0 Å². The highest BCUT2D eigenvalue weighted by Gasteiger charge is 2.45. The fraction of sp³-hybridized carbons (Fsp3) is 0.556. The molecule has 27 heavy (non-hydrogen) atoms. The number of ether oxygens (including phenoxy) is 1. The maximum atomic E-state index is 12.8. The number of hydrogen-bond acceptors (Lipinski definition) is 5. The molecule has 2 aliphatic heterocycles. The predicted molar refractivity (Wildman–Crippen MR) is 97.8 cm³/mol. The van der Waals surface area contributed by atoms with Crippen LogP contribution in [0.3, 0.4) is 0 Å². The molecule has 1 spiro atoms. The highest BCUT2D eigenvalue weighted by atomic mass is 32.2. The van der Waals surface area contributed by atoms with Gasteiger partial charge in [-0.25, -0.2) is 13.2 Å². The Morgan fingerprint density at radius 1 is 1.22 bits per heavy atom. The van der Waals surface area contributed by atoms with Gasteiger partial charge in [-0.3, -0.25) is 4.79 Å². The molecule has 2 heterocycles. The molecular weight excluding hydrogens is 372 g/mol. The van der Waals surface area contributed by atoms with Crippen molar-refractivity contribution in [3.8, 4) is 0 Å². The minimum atomic E-state index is -3.63. The largest absolute Gasteiger partial charge is 0.469 e. The molecule has 0 aromatic heterocycles. The summed E-state index contributed by atoms with van der Waals surface area (Å²) in [6.45, 7) is 1.32. The lowest BCUT2D eigenvalue weighted by molar-refractivity contribution is -0.140. The number of hydrogen-bond donors (Lipinski definition) is 1. The van der Waals surface area contributed by atoms with E-state index in [-0.39, 0.29) is 18.7 Å². The van der Waals surface area contributed by atoms with Gasteiger partial charge in [0.05, 0.1) is 19.3 Å². The molecule has 2 aliphatic rings. The number of methoxy groups -OCH3 is 1. The smallest absolute Gasteiger partial charge is 0.407 e. The van der Waals surface area contributed by atoms with Crippen molar-refractivity contribution in [1.82, 2.24) is 9.21 Å². The number of carboxylic acid groups (broad SMARTS) is 1. The van der Waals surface area contributed by atoms with Crippen LogP contribution in [0.4, 0.5) is 4.79 Å². The molecule has 0 atom stereocenters. The summed E-state index contributed by atoms with van der Waals surface area (Å²) in [5.41, 5.74) is 1.64. The third kappa shape index (κ3) is 3.93. The van der Waals surface area contributed by atoms with Gasteiger partial charge in [0.15, 0.2) is 0 Å². The Balaban J connectivity index is 1.87. The van der Waals surface area contributed by atoms with Gasteiger partial charge in [-0.05, 0) is 24.0 Å². The minimum Gasteiger partial charge on any atom is -0.469 e. The Labute approximate surface area is 158 Å². The Hall–Kier alpha value is -2.13. The van der Waals surface area contributed by atoms with E-state index in [1.54, 1.807) is 0 Å². The zero-order chi connectivity index (χ0) is 19.7. The number of rotatable bonds is 4. The summed E-state index contributed by atoms with van der Waals surface area (Å²) in [5, 5.41) is 9.22. The van der Waals surface area contributed by atoms with Crippen molar-refractivity contribution in [2.75, 3.05) is 32.5 Å². The van der Waals surface area contributed by atoms with E-state index in [9.17, 15) is 23.1 Å². The van der Waals surface area contributed by atoms with Crippen molar-refractivity contribution in [3.05, 3.63) is 35.4 Å². The monoisotopic (exact) mass is 396 g/mol. The van der Waals surface area contributed by atoms with Gasteiger partial charge in [-0.2, -0.15) is 4.31 Å². The van der Waals surface area contributed by atoms with E-state index in [1.807, 2.05) is 24.3 Å². The van der Waals surface area contributed by atoms with E-state index in [2.05, 4.69) is 4.74 Å². The molecule has 148 valence electrons. The quantitative estimate of drug-likeness (QED) is 0.772. The molecule has 0 radical (unpaired) electrons. The lowest BCUT2D eigenvalue weighted by Crippen LogP contribution is -2.54. The maximum absolute atomic E-state index is 12.8. The normalized spacial score (nSPS) is 19.5. The highest BCUT2D eigenvalue weighted by molar-refractivity contribution is 7.89. The van der Waals surface area contributed by atoms with E-state index in [4.69, 9.17) is 0 Å². The third-order valence-corrected chi connectivity index (χ3v) is 7.36. The molecule has 1 fully saturated rings. The number of benzene rings is 1. The zero-order valence-electron chi connectivity index (χ0n) is 15.3. The van der Waals surface area contributed by atoms with Gasteiger partial charge in [0.2, 0.25) is 10.0 Å². The van der Waals surface area contributed by atoms with Gasteiger partial charge in [0, 0.05) is 31.6 Å². The summed E-state index contributed by atoms with van der Waals surface area (Å²) in [7, 11) is -2.40. The fourth-order valence-corrected chi connectivity index (χ4v) is 5.50. The molecule has 1 aromatic carbocycles. The SMILES string of the molecule is COC(=O)CCS(=O)(=O)N1Cc2ccccc2C2(CCN(C(=O)O)CC2)C1. The Bertz CT molecular complexity index is 830. The number of nitrogens with zero attached hydrogens (tertiary/aromatic N) is 2. The van der Waals surface area contributed by atoms with Crippen LogP contribution in [0.2, 0.25) is 0 Å². The van der Waals surface area contributed by atoms with Gasteiger partial charge in [0.25, 0.3) is 0 Å². The first kappa shape index (κ1) is 19.6. The summed E-state index contributed by atoms with van der Waals surface area (Å²) >= 11 is 0. The van der Waals surface area contributed by atoms with E-state index < -0.39 is 27.5 Å². The Kier molecular flexibility index (Phi) is 5.43.